The summed E-state index contributed by atoms with van der Waals surface area (Å²) in [6.07, 6.45) is 0.592. The molecule has 2 heterocycles. The highest BCUT2D eigenvalue weighted by molar-refractivity contribution is 6.46. The molecular weight excluding hydrogens is 466 g/mol. The van der Waals surface area contributed by atoms with Crippen LogP contribution >= 0.6 is 0 Å². The summed E-state index contributed by atoms with van der Waals surface area (Å²) in [5.41, 5.74) is 3.43. The molecule has 0 radical (unpaired) electrons. The molecule has 37 heavy (non-hydrogen) atoms. The molecule has 1 N–H and O–H groups in total. The van der Waals surface area contributed by atoms with Gasteiger partial charge in [-0.3, -0.25) is 9.59 Å². The van der Waals surface area contributed by atoms with Crippen LogP contribution in [-0.4, -0.2) is 41.5 Å². The Balaban J connectivity index is 1.58. The zero-order valence-corrected chi connectivity index (χ0v) is 21.4. The minimum atomic E-state index is -0.703. The third-order valence-electron chi connectivity index (χ3n) is 6.93. The summed E-state index contributed by atoms with van der Waals surface area (Å²) in [4.78, 5) is 28.3. The summed E-state index contributed by atoms with van der Waals surface area (Å²) in [7, 11) is 0. The lowest BCUT2D eigenvalue weighted by molar-refractivity contribution is -0.139. The van der Waals surface area contributed by atoms with E-state index in [1.165, 1.54) is 0 Å². The van der Waals surface area contributed by atoms with E-state index in [-0.39, 0.29) is 16.7 Å². The second-order valence-corrected chi connectivity index (χ2v) is 10.5. The number of Topliss-reactive ketones (excluding diaryl/α,β-unsaturated/α-hetero) is 1. The molecule has 0 unspecified atom stereocenters. The number of aliphatic hydroxyl groups is 1. The van der Waals surface area contributed by atoms with E-state index in [0.29, 0.717) is 43.2 Å². The van der Waals surface area contributed by atoms with E-state index in [2.05, 4.69) is 20.8 Å². The first-order chi connectivity index (χ1) is 17.7. The molecule has 6 heteroatoms. The number of hydrogen-bond acceptors (Lipinski definition) is 5. The van der Waals surface area contributed by atoms with Gasteiger partial charge in [0.15, 0.2) is 11.5 Å². The average molecular weight is 498 g/mol. The van der Waals surface area contributed by atoms with Crippen LogP contribution < -0.4 is 9.47 Å². The van der Waals surface area contributed by atoms with Crippen LogP contribution in [0.4, 0.5) is 0 Å². The smallest absolute Gasteiger partial charge is 0.295 e. The number of carbonyl (C=O) groups is 2. The molecule has 5 rings (SSSR count). The number of nitrogens with zero attached hydrogens (tertiary/aromatic N) is 1. The summed E-state index contributed by atoms with van der Waals surface area (Å²) in [5.74, 6) is -0.437. The Hall–Kier alpha value is -4.06. The maximum atomic E-state index is 13.4. The van der Waals surface area contributed by atoms with E-state index in [9.17, 15) is 14.7 Å². The van der Waals surface area contributed by atoms with Gasteiger partial charge in [-0.25, -0.2) is 0 Å². The Morgan fingerprint density at radius 2 is 1.59 bits per heavy atom. The summed E-state index contributed by atoms with van der Waals surface area (Å²) in [6, 6.07) is 22.1. The van der Waals surface area contributed by atoms with Crippen molar-refractivity contribution >= 4 is 17.4 Å². The predicted octanol–water partition coefficient (Wildman–Crippen LogP) is 5.42. The number of carbonyl (C=O) groups excluding carboxylic acids is 2. The highest BCUT2D eigenvalue weighted by Gasteiger charge is 2.46. The lowest BCUT2D eigenvalue weighted by Crippen LogP contribution is -2.31. The topological polar surface area (TPSA) is 76.1 Å². The number of hydrogen-bond donors (Lipinski definition) is 1. The maximum Gasteiger partial charge on any atom is 0.295 e. The molecule has 1 amide bonds. The van der Waals surface area contributed by atoms with Crippen LogP contribution in [0.15, 0.2) is 78.4 Å². The maximum absolute atomic E-state index is 13.4. The Bertz CT molecular complexity index is 1350. The number of aliphatic hydroxyl groups excluding tert-OH is 1. The van der Waals surface area contributed by atoms with Gasteiger partial charge in [0.05, 0.1) is 11.6 Å². The van der Waals surface area contributed by atoms with Crippen LogP contribution in [0.25, 0.3) is 5.76 Å². The Labute approximate surface area is 217 Å². The minimum Gasteiger partial charge on any atom is -0.507 e. The Morgan fingerprint density at radius 3 is 2.27 bits per heavy atom. The average Bonchev–Trinajstić information content (AvgIpc) is 3.16. The molecule has 0 aromatic heterocycles. The van der Waals surface area contributed by atoms with Crippen molar-refractivity contribution in [3.63, 3.8) is 0 Å². The summed E-state index contributed by atoms with van der Waals surface area (Å²) >= 11 is 0. The molecule has 190 valence electrons. The fourth-order valence-corrected chi connectivity index (χ4v) is 4.86. The molecule has 3 aromatic carbocycles. The van der Waals surface area contributed by atoms with Crippen LogP contribution in [0.3, 0.4) is 0 Å². The lowest BCUT2D eigenvalue weighted by Gasteiger charge is -2.27. The lowest BCUT2D eigenvalue weighted by atomic mass is 9.85. The number of likely N-dealkylation sites (tertiary alicyclic amines) is 1. The number of amides is 1. The van der Waals surface area contributed by atoms with Gasteiger partial charge in [-0.05, 0) is 46.7 Å². The molecule has 0 aliphatic carbocycles. The van der Waals surface area contributed by atoms with E-state index >= 15 is 0 Å². The van der Waals surface area contributed by atoms with Crippen molar-refractivity contribution in [2.24, 2.45) is 0 Å². The highest BCUT2D eigenvalue weighted by Crippen LogP contribution is 2.41. The summed E-state index contributed by atoms with van der Waals surface area (Å²) in [6.45, 7) is 7.61. The Morgan fingerprint density at radius 1 is 0.919 bits per heavy atom. The Kier molecular flexibility index (Phi) is 6.50. The molecule has 1 fully saturated rings. The highest BCUT2D eigenvalue weighted by atomic mass is 16.6. The van der Waals surface area contributed by atoms with Crippen LogP contribution in [0, 0.1) is 0 Å². The molecule has 1 atom stereocenters. The van der Waals surface area contributed by atoms with Gasteiger partial charge in [0, 0.05) is 12.1 Å². The van der Waals surface area contributed by atoms with Gasteiger partial charge in [-0.2, -0.15) is 0 Å². The van der Waals surface area contributed by atoms with Crippen LogP contribution in [0.2, 0.25) is 0 Å². The first-order valence-corrected chi connectivity index (χ1v) is 12.6. The normalized spacial score (nSPS) is 18.8. The fourth-order valence-electron chi connectivity index (χ4n) is 4.86. The van der Waals surface area contributed by atoms with Gasteiger partial charge >= 0.3 is 0 Å². The van der Waals surface area contributed by atoms with E-state index in [1.54, 1.807) is 23.1 Å². The molecule has 2 aliphatic heterocycles. The van der Waals surface area contributed by atoms with Crippen molar-refractivity contribution in [1.29, 1.82) is 0 Å². The third kappa shape index (κ3) is 4.84. The molecule has 1 saturated heterocycles. The van der Waals surface area contributed by atoms with E-state index in [1.807, 2.05) is 54.6 Å². The SMILES string of the molecule is CC(C)(C)c1ccc([C@H]2/C(=C(\O)c3ccc4c(c3)OCCO4)C(=O)C(=O)N2CCc2ccccc2)cc1. The number of fused-ring (bicyclic) bond motifs is 1. The quantitative estimate of drug-likeness (QED) is 0.289. The van der Waals surface area contributed by atoms with Crippen LogP contribution in [0.5, 0.6) is 11.5 Å². The molecule has 0 bridgehead atoms. The second-order valence-electron chi connectivity index (χ2n) is 10.5. The van der Waals surface area contributed by atoms with E-state index in [4.69, 9.17) is 9.47 Å². The third-order valence-corrected chi connectivity index (χ3v) is 6.93. The van der Waals surface area contributed by atoms with E-state index in [0.717, 1.165) is 16.7 Å². The van der Waals surface area contributed by atoms with Crippen molar-refractivity contribution in [2.45, 2.75) is 38.6 Å². The van der Waals surface area contributed by atoms with Crippen molar-refractivity contribution in [2.75, 3.05) is 19.8 Å². The first kappa shape index (κ1) is 24.6. The minimum absolute atomic E-state index is 0.0428. The zero-order chi connectivity index (χ0) is 26.2. The van der Waals surface area contributed by atoms with Gasteiger partial charge < -0.3 is 19.5 Å². The van der Waals surface area contributed by atoms with Crippen molar-refractivity contribution in [3.8, 4) is 11.5 Å². The molecule has 6 nitrogen and oxygen atoms in total. The number of benzene rings is 3. The monoisotopic (exact) mass is 497 g/mol. The number of rotatable bonds is 5. The summed E-state index contributed by atoms with van der Waals surface area (Å²) < 4.78 is 11.3. The van der Waals surface area contributed by atoms with Crippen molar-refractivity contribution < 1.29 is 24.2 Å². The fraction of sp³-hybridized carbons (Fsp3) is 0.290. The van der Waals surface area contributed by atoms with Gasteiger partial charge in [-0.1, -0.05) is 75.4 Å². The van der Waals surface area contributed by atoms with Gasteiger partial charge in [0.1, 0.15) is 19.0 Å². The second kappa shape index (κ2) is 9.77. The molecule has 2 aliphatic rings. The van der Waals surface area contributed by atoms with Gasteiger partial charge in [0.25, 0.3) is 11.7 Å². The number of ketones is 1. The molecular formula is C31H31NO5. The van der Waals surface area contributed by atoms with Gasteiger partial charge in [0.2, 0.25) is 0 Å². The van der Waals surface area contributed by atoms with Crippen molar-refractivity contribution in [1.82, 2.24) is 4.90 Å². The van der Waals surface area contributed by atoms with Gasteiger partial charge in [-0.15, -0.1) is 0 Å². The molecule has 0 spiro atoms. The molecule has 3 aromatic rings. The standard InChI is InChI=1S/C31H31NO5/c1-31(2,3)23-12-9-21(10-13-23)27-26(28(33)22-11-14-24-25(19-22)37-18-17-36-24)29(34)30(35)32(27)16-15-20-7-5-4-6-8-20/h4-14,19,27,33H,15-18H2,1-3H3/b28-26+/t27-/m0/s1. The van der Waals surface area contributed by atoms with Crippen LogP contribution in [0.1, 0.15) is 49.1 Å². The largest absolute Gasteiger partial charge is 0.507 e. The zero-order valence-electron chi connectivity index (χ0n) is 21.4. The first-order valence-electron chi connectivity index (χ1n) is 12.6. The number of ether oxygens (including phenoxy) is 2. The summed E-state index contributed by atoms with van der Waals surface area (Å²) in [5, 5.41) is 11.4. The molecule has 0 saturated carbocycles. The van der Waals surface area contributed by atoms with E-state index < -0.39 is 17.7 Å². The van der Waals surface area contributed by atoms with Crippen LogP contribution in [-0.2, 0) is 21.4 Å². The van der Waals surface area contributed by atoms with Crippen molar-refractivity contribution in [3.05, 3.63) is 101 Å². The predicted molar refractivity (Wildman–Crippen MR) is 142 cm³/mol.